The van der Waals surface area contributed by atoms with E-state index in [2.05, 4.69) is 12.1 Å². The lowest BCUT2D eigenvalue weighted by atomic mass is 10.1. The van der Waals surface area contributed by atoms with Gasteiger partial charge in [0, 0.05) is 0 Å². The minimum absolute atomic E-state index is 0.102. The molecule has 0 aliphatic carbocycles. The van der Waals surface area contributed by atoms with Gasteiger partial charge in [-0.3, -0.25) is 4.79 Å². The molecule has 0 amide bonds. The Hall–Kier alpha value is -2.09. The third-order valence-corrected chi connectivity index (χ3v) is 2.28. The molecular formula is C14H12O2. The average molecular weight is 212 g/mol. The summed E-state index contributed by atoms with van der Waals surface area (Å²) in [6.07, 6.45) is 0.741. The van der Waals surface area contributed by atoms with Crippen molar-refractivity contribution in [1.82, 2.24) is 0 Å². The van der Waals surface area contributed by atoms with Gasteiger partial charge in [0.05, 0.1) is 0 Å². The lowest BCUT2D eigenvalue weighted by molar-refractivity contribution is -0.109. The molecule has 2 rings (SSSR count). The van der Waals surface area contributed by atoms with Crippen LogP contribution in [-0.2, 0) is 4.79 Å². The van der Waals surface area contributed by atoms with Crippen molar-refractivity contribution in [3.63, 3.8) is 0 Å². The summed E-state index contributed by atoms with van der Waals surface area (Å²) >= 11 is 0. The molecule has 0 atom stereocenters. The Kier molecular flexibility index (Phi) is 3.34. The number of carbonyl (C=O) groups excluding carboxylic acids is 1. The third kappa shape index (κ3) is 2.48. The fourth-order valence-electron chi connectivity index (χ4n) is 1.50. The molecule has 2 heteroatoms. The Morgan fingerprint density at radius 2 is 1.50 bits per heavy atom. The van der Waals surface area contributed by atoms with E-state index in [0.29, 0.717) is 5.75 Å². The molecule has 0 fully saturated rings. The topological polar surface area (TPSA) is 26.3 Å². The van der Waals surface area contributed by atoms with Crippen molar-refractivity contribution in [3.8, 4) is 16.9 Å². The van der Waals surface area contributed by atoms with E-state index in [1.807, 2.05) is 42.5 Å². The Morgan fingerprint density at radius 1 is 0.875 bits per heavy atom. The number of hydrogen-bond acceptors (Lipinski definition) is 2. The summed E-state index contributed by atoms with van der Waals surface area (Å²) < 4.78 is 5.18. The van der Waals surface area contributed by atoms with E-state index in [-0.39, 0.29) is 6.61 Å². The van der Waals surface area contributed by atoms with Gasteiger partial charge in [-0.25, -0.2) is 0 Å². The second kappa shape index (κ2) is 5.12. The molecule has 0 unspecified atom stereocenters. The van der Waals surface area contributed by atoms with Crippen LogP contribution in [0.4, 0.5) is 0 Å². The Morgan fingerprint density at radius 3 is 2.12 bits per heavy atom. The van der Waals surface area contributed by atoms with E-state index in [4.69, 9.17) is 4.74 Å². The van der Waals surface area contributed by atoms with Crippen molar-refractivity contribution in [2.24, 2.45) is 0 Å². The summed E-state index contributed by atoms with van der Waals surface area (Å²) in [5.41, 5.74) is 2.31. The lowest BCUT2D eigenvalue weighted by Gasteiger charge is -2.04. The van der Waals surface area contributed by atoms with Gasteiger partial charge >= 0.3 is 0 Å². The molecular weight excluding hydrogens is 200 g/mol. The Balaban J connectivity index is 2.16. The SMILES string of the molecule is O=CCOc1ccc(-c2ccccc2)cc1. The van der Waals surface area contributed by atoms with Gasteiger partial charge in [0.15, 0.2) is 6.29 Å². The Labute approximate surface area is 94.5 Å². The fraction of sp³-hybridized carbons (Fsp3) is 0.0714. The molecule has 0 radical (unpaired) electrons. The minimum Gasteiger partial charge on any atom is -0.486 e. The van der Waals surface area contributed by atoms with Crippen LogP contribution in [0.3, 0.4) is 0 Å². The van der Waals surface area contributed by atoms with Crippen molar-refractivity contribution < 1.29 is 9.53 Å². The molecule has 0 heterocycles. The molecule has 0 aromatic heterocycles. The predicted octanol–water partition coefficient (Wildman–Crippen LogP) is 2.93. The second-order valence-electron chi connectivity index (χ2n) is 3.37. The molecule has 2 nitrogen and oxygen atoms in total. The van der Waals surface area contributed by atoms with Crippen LogP contribution in [-0.4, -0.2) is 12.9 Å². The van der Waals surface area contributed by atoms with Gasteiger partial charge < -0.3 is 4.74 Å². The number of aldehydes is 1. The molecule has 0 N–H and O–H groups in total. The molecule has 16 heavy (non-hydrogen) atoms. The first-order valence-electron chi connectivity index (χ1n) is 5.12. The van der Waals surface area contributed by atoms with Crippen LogP contribution in [0, 0.1) is 0 Å². The number of benzene rings is 2. The quantitative estimate of drug-likeness (QED) is 0.728. The van der Waals surface area contributed by atoms with E-state index in [9.17, 15) is 4.79 Å². The van der Waals surface area contributed by atoms with Crippen LogP contribution in [0.25, 0.3) is 11.1 Å². The third-order valence-electron chi connectivity index (χ3n) is 2.28. The molecule has 0 aliphatic heterocycles. The summed E-state index contributed by atoms with van der Waals surface area (Å²) in [4.78, 5) is 10.1. The highest BCUT2D eigenvalue weighted by atomic mass is 16.5. The maximum absolute atomic E-state index is 10.1. The van der Waals surface area contributed by atoms with Gasteiger partial charge in [-0.05, 0) is 23.3 Å². The molecule has 2 aromatic rings. The first kappa shape index (κ1) is 10.4. The zero-order chi connectivity index (χ0) is 11.2. The van der Waals surface area contributed by atoms with Gasteiger partial charge in [0.2, 0.25) is 0 Å². The number of hydrogen-bond donors (Lipinski definition) is 0. The number of carbonyl (C=O) groups is 1. The smallest absolute Gasteiger partial charge is 0.157 e. The first-order valence-corrected chi connectivity index (χ1v) is 5.12. The summed E-state index contributed by atoms with van der Waals surface area (Å²) in [7, 11) is 0. The van der Waals surface area contributed by atoms with Crippen molar-refractivity contribution in [2.75, 3.05) is 6.61 Å². The number of ether oxygens (including phenoxy) is 1. The number of rotatable bonds is 4. The highest BCUT2D eigenvalue weighted by Gasteiger charge is 1.97. The van der Waals surface area contributed by atoms with Crippen LogP contribution in [0.1, 0.15) is 0 Å². The van der Waals surface area contributed by atoms with Crippen molar-refractivity contribution >= 4 is 6.29 Å². The Bertz CT molecular complexity index is 446. The van der Waals surface area contributed by atoms with E-state index in [1.165, 1.54) is 5.56 Å². The van der Waals surface area contributed by atoms with Gasteiger partial charge in [-0.15, -0.1) is 0 Å². The molecule has 80 valence electrons. The summed E-state index contributed by atoms with van der Waals surface area (Å²) in [5.74, 6) is 0.715. The minimum atomic E-state index is 0.102. The zero-order valence-corrected chi connectivity index (χ0v) is 8.80. The van der Waals surface area contributed by atoms with Crippen LogP contribution < -0.4 is 4.74 Å². The van der Waals surface area contributed by atoms with Crippen LogP contribution in [0.2, 0.25) is 0 Å². The van der Waals surface area contributed by atoms with Crippen LogP contribution in [0.15, 0.2) is 54.6 Å². The maximum atomic E-state index is 10.1. The summed E-state index contributed by atoms with van der Waals surface area (Å²) in [6, 6.07) is 17.8. The van der Waals surface area contributed by atoms with Crippen LogP contribution >= 0.6 is 0 Å². The van der Waals surface area contributed by atoms with E-state index in [0.717, 1.165) is 11.8 Å². The molecule has 0 bridgehead atoms. The van der Waals surface area contributed by atoms with Crippen molar-refractivity contribution in [3.05, 3.63) is 54.6 Å². The normalized spacial score (nSPS) is 9.75. The van der Waals surface area contributed by atoms with Gasteiger partial charge in [0.25, 0.3) is 0 Å². The second-order valence-corrected chi connectivity index (χ2v) is 3.37. The monoisotopic (exact) mass is 212 g/mol. The molecule has 0 saturated carbocycles. The summed E-state index contributed by atoms with van der Waals surface area (Å²) in [5, 5.41) is 0. The van der Waals surface area contributed by atoms with Crippen LogP contribution in [0.5, 0.6) is 5.75 Å². The van der Waals surface area contributed by atoms with E-state index in [1.54, 1.807) is 0 Å². The van der Waals surface area contributed by atoms with Gasteiger partial charge in [-0.2, -0.15) is 0 Å². The van der Waals surface area contributed by atoms with Crippen molar-refractivity contribution in [1.29, 1.82) is 0 Å². The standard InChI is InChI=1S/C14H12O2/c15-10-11-16-14-8-6-13(7-9-14)12-4-2-1-3-5-12/h1-10H,11H2. The lowest BCUT2D eigenvalue weighted by Crippen LogP contribution is -1.96. The molecule has 0 spiro atoms. The van der Waals surface area contributed by atoms with E-state index < -0.39 is 0 Å². The van der Waals surface area contributed by atoms with Crippen molar-refractivity contribution in [2.45, 2.75) is 0 Å². The van der Waals surface area contributed by atoms with Gasteiger partial charge in [0.1, 0.15) is 12.4 Å². The van der Waals surface area contributed by atoms with Gasteiger partial charge in [-0.1, -0.05) is 42.5 Å². The maximum Gasteiger partial charge on any atom is 0.157 e. The highest BCUT2D eigenvalue weighted by molar-refractivity contribution is 5.64. The fourth-order valence-corrected chi connectivity index (χ4v) is 1.50. The summed E-state index contributed by atoms with van der Waals surface area (Å²) in [6.45, 7) is 0.102. The zero-order valence-electron chi connectivity index (χ0n) is 8.80. The first-order chi connectivity index (χ1) is 7.90. The molecule has 2 aromatic carbocycles. The van der Waals surface area contributed by atoms with E-state index >= 15 is 0 Å². The average Bonchev–Trinajstić information content (AvgIpc) is 2.38. The highest BCUT2D eigenvalue weighted by Crippen LogP contribution is 2.21. The molecule has 0 saturated heterocycles. The largest absolute Gasteiger partial charge is 0.486 e. The predicted molar refractivity (Wildman–Crippen MR) is 63.4 cm³/mol. The molecule has 0 aliphatic rings.